The molecule has 0 bridgehead atoms. The highest BCUT2D eigenvalue weighted by Crippen LogP contribution is 2.38. The highest BCUT2D eigenvalue weighted by atomic mass is 16.5. The molecule has 3 N–H and O–H groups in total. The Morgan fingerprint density at radius 1 is 0.912 bits per heavy atom. The number of nitrogens with zero attached hydrogens (tertiary/aromatic N) is 7. The van der Waals surface area contributed by atoms with Crippen molar-refractivity contribution in [2.75, 3.05) is 12.8 Å². The van der Waals surface area contributed by atoms with Crippen LogP contribution in [0.1, 0.15) is 11.4 Å². The first-order valence-electron chi connectivity index (χ1n) is 10.6. The number of nitrogens with one attached hydrogen (secondary N) is 1. The Hall–Kier alpha value is -4.86. The molecule has 0 fully saturated rings. The number of benzene rings is 3. The zero-order chi connectivity index (χ0) is 23.1. The summed E-state index contributed by atoms with van der Waals surface area (Å²) in [5.41, 5.74) is 10.9. The highest BCUT2D eigenvalue weighted by Gasteiger charge is 2.21. The number of rotatable bonds is 5. The normalized spacial score (nSPS) is 11.3. The van der Waals surface area contributed by atoms with Gasteiger partial charge in [-0.1, -0.05) is 48.5 Å². The monoisotopic (exact) mass is 449 g/mol. The molecule has 0 aliphatic heterocycles. The molecule has 0 aliphatic rings. The summed E-state index contributed by atoms with van der Waals surface area (Å²) in [6, 6.07) is 21.4. The molecule has 0 saturated heterocycles. The van der Waals surface area contributed by atoms with Crippen molar-refractivity contribution in [3.05, 3.63) is 78.1 Å². The number of ether oxygens (including phenoxy) is 1. The number of aromatic amines is 1. The van der Waals surface area contributed by atoms with E-state index >= 15 is 0 Å². The Morgan fingerprint density at radius 3 is 2.50 bits per heavy atom. The van der Waals surface area contributed by atoms with Crippen LogP contribution in [-0.2, 0) is 6.42 Å². The van der Waals surface area contributed by atoms with E-state index in [1.54, 1.807) is 11.6 Å². The van der Waals surface area contributed by atoms with E-state index in [2.05, 4.69) is 30.8 Å². The van der Waals surface area contributed by atoms with Gasteiger partial charge in [0.15, 0.2) is 11.5 Å². The molecule has 6 aromatic rings. The molecular weight excluding hydrogens is 430 g/mol. The first-order chi connectivity index (χ1) is 16.7. The molecule has 10 heteroatoms. The Balaban J connectivity index is 1.59. The van der Waals surface area contributed by atoms with E-state index in [1.165, 1.54) is 0 Å². The van der Waals surface area contributed by atoms with Gasteiger partial charge in [-0.05, 0) is 29.0 Å². The summed E-state index contributed by atoms with van der Waals surface area (Å²) < 4.78 is 7.05. The van der Waals surface area contributed by atoms with Crippen LogP contribution in [-0.4, -0.2) is 47.5 Å². The molecule has 0 radical (unpaired) electrons. The van der Waals surface area contributed by atoms with Crippen LogP contribution in [0.3, 0.4) is 0 Å². The van der Waals surface area contributed by atoms with Gasteiger partial charge >= 0.3 is 0 Å². The summed E-state index contributed by atoms with van der Waals surface area (Å²) in [6.07, 6.45) is 0.553. The second-order valence-corrected chi connectivity index (χ2v) is 7.78. The second kappa shape index (κ2) is 7.93. The minimum absolute atomic E-state index is 0.440. The average molecular weight is 449 g/mol. The van der Waals surface area contributed by atoms with Crippen LogP contribution < -0.4 is 10.5 Å². The third-order valence-electron chi connectivity index (χ3n) is 5.77. The smallest absolute Gasteiger partial charge is 0.205 e. The highest BCUT2D eigenvalue weighted by molar-refractivity contribution is 6.05. The number of methoxy groups -OCH3 is 1. The molecule has 3 aromatic carbocycles. The molecule has 34 heavy (non-hydrogen) atoms. The molecule has 3 aromatic heterocycles. The molecule has 0 saturated carbocycles. The van der Waals surface area contributed by atoms with Crippen LogP contribution in [0, 0.1) is 0 Å². The third kappa shape index (κ3) is 3.20. The van der Waals surface area contributed by atoms with Crippen molar-refractivity contribution >= 4 is 22.1 Å². The quantitative estimate of drug-likeness (QED) is 0.383. The summed E-state index contributed by atoms with van der Waals surface area (Å²) in [7, 11) is 1.65. The largest absolute Gasteiger partial charge is 0.497 e. The lowest BCUT2D eigenvalue weighted by Crippen LogP contribution is -2.05. The van der Waals surface area contributed by atoms with Gasteiger partial charge in [-0.25, -0.2) is 0 Å². The number of hydrogen-bond donors (Lipinski definition) is 2. The van der Waals surface area contributed by atoms with Gasteiger partial charge in [0.1, 0.15) is 11.4 Å². The van der Waals surface area contributed by atoms with Crippen molar-refractivity contribution in [2.24, 2.45) is 0 Å². The lowest BCUT2D eigenvalue weighted by molar-refractivity contribution is 0.414. The Labute approximate surface area is 193 Å². The number of hydrogen-bond acceptors (Lipinski definition) is 8. The van der Waals surface area contributed by atoms with Gasteiger partial charge in [-0.2, -0.15) is 14.8 Å². The first-order valence-corrected chi connectivity index (χ1v) is 10.6. The maximum absolute atomic E-state index is 6.48. The van der Waals surface area contributed by atoms with Crippen molar-refractivity contribution < 1.29 is 4.74 Å². The number of anilines is 1. The number of nitrogen functional groups attached to an aromatic ring is 1. The van der Waals surface area contributed by atoms with E-state index < -0.39 is 0 Å². The molecule has 0 aliphatic carbocycles. The number of H-pyrrole nitrogens is 1. The van der Waals surface area contributed by atoms with Gasteiger partial charge in [0.2, 0.25) is 5.82 Å². The molecular formula is C24H19N9O. The Morgan fingerprint density at radius 2 is 1.74 bits per heavy atom. The van der Waals surface area contributed by atoms with Crippen LogP contribution in [0.5, 0.6) is 5.75 Å². The summed E-state index contributed by atoms with van der Waals surface area (Å²) in [6.45, 7) is 0. The molecule has 0 atom stereocenters. The predicted molar refractivity (Wildman–Crippen MR) is 127 cm³/mol. The van der Waals surface area contributed by atoms with Crippen LogP contribution >= 0.6 is 0 Å². The van der Waals surface area contributed by atoms with E-state index in [4.69, 9.17) is 15.6 Å². The van der Waals surface area contributed by atoms with Crippen molar-refractivity contribution in [1.82, 2.24) is 40.4 Å². The first kappa shape index (κ1) is 19.8. The number of nitrogens with two attached hydrogens (primary N) is 1. The number of tetrazole rings is 1. The fourth-order valence-corrected chi connectivity index (χ4v) is 4.14. The van der Waals surface area contributed by atoms with Gasteiger partial charge in [-0.15, -0.1) is 20.4 Å². The van der Waals surface area contributed by atoms with Crippen LogP contribution in [0.15, 0.2) is 66.7 Å². The molecule has 10 nitrogen and oxygen atoms in total. The SMILES string of the molecule is COc1ccc(Cc2nnc3c4ccccc4c(-c4c(N)cccc4-c4nn[nH]n4)nn23)cc1. The molecule has 0 unspecified atom stereocenters. The summed E-state index contributed by atoms with van der Waals surface area (Å²) in [5, 5.41) is 30.3. The van der Waals surface area contributed by atoms with Gasteiger partial charge in [0, 0.05) is 34.0 Å². The molecule has 3 heterocycles. The van der Waals surface area contributed by atoms with Crippen molar-refractivity contribution in [2.45, 2.75) is 6.42 Å². The fourth-order valence-electron chi connectivity index (χ4n) is 4.14. The zero-order valence-electron chi connectivity index (χ0n) is 18.2. The maximum atomic E-state index is 6.48. The average Bonchev–Trinajstić information content (AvgIpc) is 3.55. The second-order valence-electron chi connectivity index (χ2n) is 7.78. The van der Waals surface area contributed by atoms with Crippen molar-refractivity contribution in [3.63, 3.8) is 0 Å². The van der Waals surface area contributed by atoms with E-state index in [9.17, 15) is 0 Å². The fraction of sp³-hybridized carbons (Fsp3) is 0.0833. The molecule has 166 valence electrons. The van der Waals surface area contributed by atoms with Crippen LogP contribution in [0.2, 0.25) is 0 Å². The summed E-state index contributed by atoms with van der Waals surface area (Å²) in [5.74, 6) is 1.95. The van der Waals surface area contributed by atoms with Crippen molar-refractivity contribution in [3.8, 4) is 28.4 Å². The number of fused-ring (bicyclic) bond motifs is 3. The molecule has 0 spiro atoms. The minimum atomic E-state index is 0.440. The van der Waals surface area contributed by atoms with Gasteiger partial charge in [-0.3, -0.25) is 0 Å². The zero-order valence-corrected chi connectivity index (χ0v) is 18.2. The Kier molecular flexibility index (Phi) is 4.61. The summed E-state index contributed by atoms with van der Waals surface area (Å²) >= 11 is 0. The van der Waals surface area contributed by atoms with Crippen LogP contribution in [0.4, 0.5) is 5.69 Å². The van der Waals surface area contributed by atoms with Gasteiger partial charge in [0.25, 0.3) is 0 Å². The number of aromatic nitrogens is 8. The van der Waals surface area contributed by atoms with E-state index in [0.29, 0.717) is 35.1 Å². The van der Waals surface area contributed by atoms with E-state index in [-0.39, 0.29) is 0 Å². The molecule has 6 rings (SSSR count). The van der Waals surface area contributed by atoms with Crippen LogP contribution in [0.25, 0.3) is 39.1 Å². The maximum Gasteiger partial charge on any atom is 0.205 e. The van der Waals surface area contributed by atoms with Gasteiger partial charge < -0.3 is 10.5 Å². The molecule has 0 amide bonds. The van der Waals surface area contributed by atoms with E-state index in [1.807, 2.05) is 66.7 Å². The lowest BCUT2D eigenvalue weighted by atomic mass is 9.98. The van der Waals surface area contributed by atoms with Gasteiger partial charge in [0.05, 0.1) is 7.11 Å². The lowest BCUT2D eigenvalue weighted by Gasteiger charge is -2.13. The predicted octanol–water partition coefficient (Wildman–Crippen LogP) is 3.31. The van der Waals surface area contributed by atoms with E-state index in [0.717, 1.165) is 33.2 Å². The minimum Gasteiger partial charge on any atom is -0.497 e. The standard InChI is InChI=1S/C24H19N9O/c1-34-15-11-9-14(10-12-15)13-20-26-29-24-17-6-3-2-5-16(17)22(30-33(20)24)21-18(7-4-8-19(21)25)23-27-31-32-28-23/h2-12H,13,25H2,1H3,(H,27,28,31,32). The Bertz CT molecular complexity index is 1620. The topological polar surface area (TPSA) is 133 Å². The third-order valence-corrected chi connectivity index (χ3v) is 5.77. The summed E-state index contributed by atoms with van der Waals surface area (Å²) in [4.78, 5) is 0. The van der Waals surface area contributed by atoms with Crippen molar-refractivity contribution in [1.29, 1.82) is 0 Å².